The Hall–Kier alpha value is 0.0900. The molecule has 3 heteroatoms. The molecular weight excluding hydrogens is 178 g/mol. The topological polar surface area (TPSA) is 12.4 Å². The van der Waals surface area contributed by atoms with Gasteiger partial charge < -0.3 is 0 Å². The minimum atomic E-state index is 0.240. The summed E-state index contributed by atoms with van der Waals surface area (Å²) in [5.41, 5.74) is 0. The highest BCUT2D eigenvalue weighted by Gasteiger charge is 2.46. The summed E-state index contributed by atoms with van der Waals surface area (Å²) < 4.78 is 0. The summed E-state index contributed by atoms with van der Waals surface area (Å²) in [6, 6.07) is 0.285. The third-order valence-electron chi connectivity index (χ3n) is 2.98. The third kappa shape index (κ3) is 1.14. The second-order valence-corrected chi connectivity index (χ2v) is 4.18. The molecule has 0 aromatic heterocycles. The Morgan fingerprint density at radius 1 is 1.36 bits per heavy atom. The molecule has 2 rings (SSSR count). The summed E-state index contributed by atoms with van der Waals surface area (Å²) in [7, 11) is 0. The highest BCUT2D eigenvalue weighted by molar-refractivity contribution is 7.78. The van der Waals surface area contributed by atoms with Crippen LogP contribution in [0, 0.1) is 11.8 Å². The highest BCUT2D eigenvalue weighted by atomic mass is 35.5. The Morgan fingerprint density at radius 2 is 2.09 bits per heavy atom. The minimum absolute atomic E-state index is 0.240. The lowest BCUT2D eigenvalue weighted by Crippen LogP contribution is -2.26. The predicted molar refractivity (Wildman–Crippen MR) is 49.3 cm³/mol. The van der Waals surface area contributed by atoms with Crippen molar-refractivity contribution in [1.82, 2.24) is 0 Å². The van der Waals surface area contributed by atoms with Gasteiger partial charge in [-0.1, -0.05) is 0 Å². The summed E-state index contributed by atoms with van der Waals surface area (Å²) in [5.74, 6) is 1.41. The molecule has 0 saturated heterocycles. The molecule has 0 aliphatic heterocycles. The van der Waals surface area contributed by atoms with Crippen LogP contribution in [0.3, 0.4) is 0 Å². The van der Waals surface area contributed by atoms with Crippen LogP contribution in [0.4, 0.5) is 0 Å². The van der Waals surface area contributed by atoms with Crippen molar-refractivity contribution in [2.24, 2.45) is 16.8 Å². The zero-order valence-corrected chi connectivity index (χ0v) is 7.74. The molecule has 1 nitrogen and oxygen atoms in total. The summed E-state index contributed by atoms with van der Waals surface area (Å²) in [4.78, 5) is 4.12. The van der Waals surface area contributed by atoms with Crippen molar-refractivity contribution < 1.29 is 0 Å². The third-order valence-corrected chi connectivity index (χ3v) is 3.70. The van der Waals surface area contributed by atoms with Crippen LogP contribution in [-0.2, 0) is 0 Å². The van der Waals surface area contributed by atoms with E-state index in [0.717, 1.165) is 0 Å². The van der Waals surface area contributed by atoms with Crippen molar-refractivity contribution >= 4 is 29.0 Å². The normalized spacial score (nSPS) is 47.4. The van der Waals surface area contributed by atoms with Crippen LogP contribution >= 0.6 is 23.8 Å². The second kappa shape index (κ2) is 2.85. The Morgan fingerprint density at radius 3 is 2.64 bits per heavy atom. The molecule has 0 amide bonds. The molecule has 4 atom stereocenters. The zero-order chi connectivity index (χ0) is 7.84. The molecule has 2 saturated carbocycles. The van der Waals surface area contributed by atoms with Gasteiger partial charge in [0, 0.05) is 0 Å². The molecular formula is C8H10ClNS. The average molecular weight is 188 g/mol. The van der Waals surface area contributed by atoms with Crippen LogP contribution in [-0.4, -0.2) is 16.6 Å². The van der Waals surface area contributed by atoms with Gasteiger partial charge in [-0.2, -0.15) is 0 Å². The SMILES string of the molecule is S=C=NC1C2CCC(C2)C1Cl. The van der Waals surface area contributed by atoms with E-state index < -0.39 is 0 Å². The fourth-order valence-electron chi connectivity index (χ4n) is 2.43. The van der Waals surface area contributed by atoms with E-state index in [0.29, 0.717) is 11.8 Å². The van der Waals surface area contributed by atoms with E-state index in [2.05, 4.69) is 22.4 Å². The number of rotatable bonds is 1. The quantitative estimate of drug-likeness (QED) is 0.349. The number of halogens is 1. The molecule has 0 aromatic rings. The van der Waals surface area contributed by atoms with E-state index in [-0.39, 0.29) is 11.4 Å². The lowest BCUT2D eigenvalue weighted by atomic mass is 9.95. The van der Waals surface area contributed by atoms with Crippen LogP contribution in [0.5, 0.6) is 0 Å². The summed E-state index contributed by atoms with van der Waals surface area (Å²) in [6.07, 6.45) is 3.85. The molecule has 4 unspecified atom stereocenters. The van der Waals surface area contributed by atoms with Crippen molar-refractivity contribution in [2.75, 3.05) is 0 Å². The van der Waals surface area contributed by atoms with E-state index in [4.69, 9.17) is 11.6 Å². The van der Waals surface area contributed by atoms with E-state index in [1.54, 1.807) is 0 Å². The van der Waals surface area contributed by atoms with Gasteiger partial charge in [0.15, 0.2) is 0 Å². The maximum absolute atomic E-state index is 6.17. The first-order chi connectivity index (χ1) is 5.33. The maximum atomic E-state index is 6.17. The second-order valence-electron chi connectivity index (χ2n) is 3.49. The van der Waals surface area contributed by atoms with E-state index >= 15 is 0 Å². The van der Waals surface area contributed by atoms with Crippen molar-refractivity contribution in [2.45, 2.75) is 30.7 Å². The molecule has 2 aliphatic rings. The number of aliphatic imine (C=N–C) groups is 1. The first-order valence-corrected chi connectivity index (χ1v) is 4.88. The van der Waals surface area contributed by atoms with Crippen LogP contribution < -0.4 is 0 Å². The van der Waals surface area contributed by atoms with Gasteiger partial charge >= 0.3 is 0 Å². The van der Waals surface area contributed by atoms with Crippen LogP contribution in [0.2, 0.25) is 0 Å². The molecule has 0 N–H and O–H groups in total. The van der Waals surface area contributed by atoms with E-state index in [9.17, 15) is 0 Å². The van der Waals surface area contributed by atoms with Crippen LogP contribution in [0.1, 0.15) is 19.3 Å². The van der Waals surface area contributed by atoms with Gasteiger partial charge in [0.2, 0.25) is 0 Å². The van der Waals surface area contributed by atoms with Crippen molar-refractivity contribution in [3.63, 3.8) is 0 Å². The number of isothiocyanates is 1. The number of nitrogens with zero attached hydrogens (tertiary/aromatic N) is 1. The largest absolute Gasteiger partial charge is 0.227 e. The first kappa shape index (κ1) is 7.72. The first-order valence-electron chi connectivity index (χ1n) is 4.04. The van der Waals surface area contributed by atoms with Gasteiger partial charge in [-0.25, -0.2) is 4.99 Å². The predicted octanol–water partition coefficient (Wildman–Crippen LogP) is 2.50. The summed E-state index contributed by atoms with van der Waals surface area (Å²) >= 11 is 10.8. The van der Waals surface area contributed by atoms with Gasteiger partial charge in [-0.3, -0.25) is 0 Å². The summed E-state index contributed by atoms with van der Waals surface area (Å²) in [5, 5.41) is 2.69. The highest BCUT2D eigenvalue weighted by Crippen LogP contribution is 2.48. The summed E-state index contributed by atoms with van der Waals surface area (Å²) in [6.45, 7) is 0. The van der Waals surface area contributed by atoms with Crippen molar-refractivity contribution in [3.05, 3.63) is 0 Å². The number of thiocarbonyl (C=S) groups is 1. The number of fused-ring (bicyclic) bond motifs is 2. The van der Waals surface area contributed by atoms with E-state index in [1.807, 2.05) is 0 Å². The van der Waals surface area contributed by atoms with Gasteiger partial charge in [0.05, 0.1) is 16.6 Å². The molecule has 0 radical (unpaired) electrons. The van der Waals surface area contributed by atoms with Crippen molar-refractivity contribution in [3.8, 4) is 0 Å². The molecule has 2 fully saturated rings. The Bertz CT molecular complexity index is 210. The monoisotopic (exact) mass is 187 g/mol. The van der Waals surface area contributed by atoms with Gasteiger partial charge in [-0.15, -0.1) is 11.6 Å². The smallest absolute Gasteiger partial charge is 0.0797 e. The fourth-order valence-corrected chi connectivity index (χ4v) is 3.04. The number of alkyl halides is 1. The standard InChI is InChI=1S/C8H10ClNS/c9-7-5-1-2-6(3-5)8(7)10-4-11/h5-8H,1-3H2. The molecule has 0 heterocycles. The number of hydrogen-bond donors (Lipinski definition) is 0. The fraction of sp³-hybridized carbons (Fsp3) is 0.875. The molecule has 60 valence electrons. The zero-order valence-electron chi connectivity index (χ0n) is 6.16. The number of hydrogen-bond acceptors (Lipinski definition) is 2. The lowest BCUT2D eigenvalue weighted by Gasteiger charge is -2.21. The molecule has 2 aliphatic carbocycles. The average Bonchev–Trinajstić information content (AvgIpc) is 2.54. The Labute approximate surface area is 76.8 Å². The van der Waals surface area contributed by atoms with Crippen LogP contribution in [0.15, 0.2) is 4.99 Å². The van der Waals surface area contributed by atoms with Gasteiger partial charge in [0.1, 0.15) is 0 Å². The minimum Gasteiger partial charge on any atom is -0.227 e. The Balaban J connectivity index is 2.17. The maximum Gasteiger partial charge on any atom is 0.0797 e. The molecule has 0 spiro atoms. The molecule has 2 bridgehead atoms. The molecule has 0 aromatic carbocycles. The van der Waals surface area contributed by atoms with E-state index in [1.165, 1.54) is 19.3 Å². The lowest BCUT2D eigenvalue weighted by molar-refractivity contribution is 0.428. The molecule has 11 heavy (non-hydrogen) atoms. The van der Waals surface area contributed by atoms with Gasteiger partial charge in [0.25, 0.3) is 0 Å². The van der Waals surface area contributed by atoms with Crippen LogP contribution in [0.25, 0.3) is 0 Å². The van der Waals surface area contributed by atoms with Crippen molar-refractivity contribution in [1.29, 1.82) is 0 Å². The van der Waals surface area contributed by atoms with Gasteiger partial charge in [-0.05, 0) is 43.3 Å². The Kier molecular flexibility index (Phi) is 2.00.